The number of hydrogen-bond acceptors (Lipinski definition) is 3. The van der Waals surface area contributed by atoms with Gasteiger partial charge in [0.2, 0.25) is 0 Å². The summed E-state index contributed by atoms with van der Waals surface area (Å²) in [5.74, 6) is 0. The lowest BCUT2D eigenvalue weighted by molar-refractivity contribution is 0.844. The van der Waals surface area contributed by atoms with E-state index in [4.69, 9.17) is 5.73 Å². The normalized spacial score (nSPS) is 13.4. The second kappa shape index (κ2) is 3.90. The minimum absolute atomic E-state index is 0.661. The molecule has 1 aromatic heterocycles. The van der Waals surface area contributed by atoms with Gasteiger partial charge in [0.05, 0.1) is 5.56 Å². The summed E-state index contributed by atoms with van der Waals surface area (Å²) in [7, 11) is 0. The van der Waals surface area contributed by atoms with Crippen LogP contribution in [-0.2, 0) is 12.8 Å². The van der Waals surface area contributed by atoms with E-state index >= 15 is 0 Å². The molecular weight excluding hydrogens is 228 g/mol. The van der Waals surface area contributed by atoms with Crippen molar-refractivity contribution in [2.45, 2.75) is 19.3 Å². The van der Waals surface area contributed by atoms with Gasteiger partial charge in [-0.1, -0.05) is 24.3 Å². The van der Waals surface area contributed by atoms with Crippen molar-refractivity contribution in [1.82, 2.24) is 0 Å². The molecule has 1 heterocycles. The van der Waals surface area contributed by atoms with Crippen LogP contribution in [0.1, 0.15) is 22.4 Å². The van der Waals surface area contributed by atoms with Crippen LogP contribution < -0.4 is 5.73 Å². The molecule has 1 aromatic carbocycles. The Labute approximate surface area is 104 Å². The van der Waals surface area contributed by atoms with Gasteiger partial charge in [-0.3, -0.25) is 0 Å². The molecule has 0 spiro atoms. The maximum atomic E-state index is 9.26. The van der Waals surface area contributed by atoms with Gasteiger partial charge in [0.1, 0.15) is 11.1 Å². The Bertz CT molecular complexity index is 620. The maximum absolute atomic E-state index is 9.26. The molecule has 0 amide bonds. The minimum Gasteiger partial charge on any atom is -0.389 e. The average molecular weight is 240 g/mol. The van der Waals surface area contributed by atoms with Gasteiger partial charge < -0.3 is 5.73 Å². The highest BCUT2D eigenvalue weighted by molar-refractivity contribution is 7.16. The summed E-state index contributed by atoms with van der Waals surface area (Å²) in [6.45, 7) is 0. The highest BCUT2D eigenvalue weighted by Gasteiger charge is 2.21. The predicted molar refractivity (Wildman–Crippen MR) is 70.9 cm³/mol. The van der Waals surface area contributed by atoms with E-state index in [1.165, 1.54) is 16.0 Å². The average Bonchev–Trinajstić information content (AvgIpc) is 2.55. The predicted octanol–water partition coefficient (Wildman–Crippen LogP) is 3.36. The number of anilines is 1. The Morgan fingerprint density at radius 2 is 2.06 bits per heavy atom. The molecule has 2 N–H and O–H groups in total. The van der Waals surface area contributed by atoms with Crippen molar-refractivity contribution in [3.63, 3.8) is 0 Å². The number of nitrogens with two attached hydrogens (primary N) is 1. The first kappa shape index (κ1) is 10.4. The number of hydrogen-bond donors (Lipinski definition) is 1. The Hall–Kier alpha value is -1.79. The Balaban J connectivity index is 2.35. The maximum Gasteiger partial charge on any atom is 0.105 e. The fourth-order valence-electron chi connectivity index (χ4n) is 2.49. The number of aryl methyl sites for hydroxylation is 2. The van der Waals surface area contributed by atoms with Crippen LogP contribution in [0.2, 0.25) is 0 Å². The summed E-state index contributed by atoms with van der Waals surface area (Å²) in [5.41, 5.74) is 10.2. The molecule has 17 heavy (non-hydrogen) atoms. The van der Waals surface area contributed by atoms with Crippen LogP contribution in [0.25, 0.3) is 11.1 Å². The number of thiophene rings is 1. The van der Waals surface area contributed by atoms with E-state index in [0.29, 0.717) is 10.6 Å². The number of rotatable bonds is 0. The highest BCUT2D eigenvalue weighted by atomic mass is 32.1. The second-order valence-electron chi connectivity index (χ2n) is 4.26. The molecule has 0 bridgehead atoms. The third-order valence-electron chi connectivity index (χ3n) is 3.26. The SMILES string of the molecule is N#Cc1c(N)sc2c1-c1ccccc1CCC2. The van der Waals surface area contributed by atoms with Gasteiger partial charge in [-0.2, -0.15) is 5.26 Å². The second-order valence-corrected chi connectivity index (χ2v) is 5.40. The van der Waals surface area contributed by atoms with Crippen molar-refractivity contribution in [2.24, 2.45) is 0 Å². The standard InChI is InChI=1S/C14H12N2S/c15-8-11-13-10-6-2-1-4-9(10)5-3-7-12(13)17-14(11)16/h1-2,4,6H,3,5,7,16H2. The highest BCUT2D eigenvalue weighted by Crippen LogP contribution is 2.42. The Morgan fingerprint density at radius 3 is 2.88 bits per heavy atom. The summed E-state index contributed by atoms with van der Waals surface area (Å²) >= 11 is 1.57. The smallest absolute Gasteiger partial charge is 0.105 e. The molecule has 0 radical (unpaired) electrons. The van der Waals surface area contributed by atoms with Crippen molar-refractivity contribution in [3.05, 3.63) is 40.3 Å². The number of nitrogen functional groups attached to an aromatic ring is 1. The summed E-state index contributed by atoms with van der Waals surface area (Å²) in [5, 5.41) is 9.92. The van der Waals surface area contributed by atoms with Gasteiger partial charge in [0.25, 0.3) is 0 Å². The Morgan fingerprint density at radius 1 is 1.24 bits per heavy atom. The number of benzene rings is 1. The van der Waals surface area contributed by atoms with Crippen LogP contribution in [0.4, 0.5) is 5.00 Å². The largest absolute Gasteiger partial charge is 0.389 e. The van der Waals surface area contributed by atoms with Crippen molar-refractivity contribution < 1.29 is 0 Å². The van der Waals surface area contributed by atoms with Gasteiger partial charge in [-0.15, -0.1) is 11.3 Å². The summed E-state index contributed by atoms with van der Waals surface area (Å²) in [6.07, 6.45) is 3.25. The summed E-state index contributed by atoms with van der Waals surface area (Å²) in [4.78, 5) is 1.27. The lowest BCUT2D eigenvalue weighted by atomic mass is 9.97. The number of nitriles is 1. The van der Waals surface area contributed by atoms with E-state index in [0.717, 1.165) is 24.8 Å². The zero-order valence-corrected chi connectivity index (χ0v) is 10.2. The number of fused-ring (bicyclic) bond motifs is 3. The van der Waals surface area contributed by atoms with Crippen molar-refractivity contribution in [3.8, 4) is 17.2 Å². The molecule has 3 rings (SSSR count). The zero-order chi connectivity index (χ0) is 11.8. The van der Waals surface area contributed by atoms with Crippen LogP contribution in [0.5, 0.6) is 0 Å². The van der Waals surface area contributed by atoms with Crippen molar-refractivity contribution >= 4 is 16.3 Å². The summed E-state index contributed by atoms with van der Waals surface area (Å²) in [6, 6.07) is 10.6. The molecule has 1 aliphatic carbocycles. The topological polar surface area (TPSA) is 49.8 Å². The van der Waals surface area contributed by atoms with Crippen molar-refractivity contribution in [1.29, 1.82) is 5.26 Å². The molecule has 1 aliphatic rings. The molecular formula is C14H12N2S. The first-order valence-electron chi connectivity index (χ1n) is 5.70. The summed E-state index contributed by atoms with van der Waals surface area (Å²) < 4.78 is 0. The van der Waals surface area contributed by atoms with Gasteiger partial charge in [-0.25, -0.2) is 0 Å². The molecule has 2 nitrogen and oxygen atoms in total. The Kier molecular flexibility index (Phi) is 2.38. The zero-order valence-electron chi connectivity index (χ0n) is 9.36. The molecule has 0 unspecified atom stereocenters. The molecule has 2 aromatic rings. The van der Waals surface area contributed by atoms with Crippen LogP contribution >= 0.6 is 11.3 Å². The molecule has 3 heteroatoms. The van der Waals surface area contributed by atoms with Gasteiger partial charge >= 0.3 is 0 Å². The lowest BCUT2D eigenvalue weighted by Gasteiger charge is -2.05. The van der Waals surface area contributed by atoms with E-state index in [1.54, 1.807) is 11.3 Å². The number of nitrogens with zero attached hydrogens (tertiary/aromatic N) is 1. The molecule has 0 fully saturated rings. The third kappa shape index (κ3) is 1.53. The van der Waals surface area contributed by atoms with Crippen LogP contribution in [0, 0.1) is 11.3 Å². The van der Waals surface area contributed by atoms with Gasteiger partial charge in [0.15, 0.2) is 0 Å². The molecule has 0 saturated heterocycles. The third-order valence-corrected chi connectivity index (χ3v) is 4.34. The fraction of sp³-hybridized carbons (Fsp3) is 0.214. The fourth-order valence-corrected chi connectivity index (χ4v) is 3.57. The van der Waals surface area contributed by atoms with E-state index in [2.05, 4.69) is 24.3 Å². The van der Waals surface area contributed by atoms with Crippen LogP contribution in [0.15, 0.2) is 24.3 Å². The van der Waals surface area contributed by atoms with Crippen LogP contribution in [0.3, 0.4) is 0 Å². The van der Waals surface area contributed by atoms with Crippen molar-refractivity contribution in [2.75, 3.05) is 5.73 Å². The monoisotopic (exact) mass is 240 g/mol. The van der Waals surface area contributed by atoms with E-state index in [1.807, 2.05) is 6.07 Å². The molecule has 0 saturated carbocycles. The first-order chi connectivity index (χ1) is 8.31. The quantitative estimate of drug-likeness (QED) is 0.767. The van der Waals surface area contributed by atoms with Gasteiger partial charge in [-0.05, 0) is 30.4 Å². The van der Waals surface area contributed by atoms with E-state index in [-0.39, 0.29) is 0 Å². The van der Waals surface area contributed by atoms with E-state index < -0.39 is 0 Å². The van der Waals surface area contributed by atoms with Gasteiger partial charge in [0, 0.05) is 10.4 Å². The molecule has 0 atom stereocenters. The molecule has 0 aliphatic heterocycles. The lowest BCUT2D eigenvalue weighted by Crippen LogP contribution is -1.89. The molecule has 84 valence electrons. The first-order valence-corrected chi connectivity index (χ1v) is 6.52. The minimum atomic E-state index is 0.661. The van der Waals surface area contributed by atoms with E-state index in [9.17, 15) is 5.26 Å². The van der Waals surface area contributed by atoms with Crippen LogP contribution in [-0.4, -0.2) is 0 Å².